The third kappa shape index (κ3) is 3.85. The Hall–Kier alpha value is -2.73. The molecule has 0 saturated heterocycles. The van der Waals surface area contributed by atoms with E-state index in [1.165, 1.54) is 17.4 Å². The van der Waals surface area contributed by atoms with Crippen LogP contribution in [0.25, 0.3) is 10.2 Å². The number of benzene rings is 2. The molecule has 0 unspecified atom stereocenters. The van der Waals surface area contributed by atoms with E-state index in [4.69, 9.17) is 4.74 Å². The summed E-state index contributed by atoms with van der Waals surface area (Å²) in [7, 11) is 0. The summed E-state index contributed by atoms with van der Waals surface area (Å²) in [5.74, 6) is -0.166. The summed E-state index contributed by atoms with van der Waals surface area (Å²) in [6, 6.07) is 12.2. The first-order valence-electron chi connectivity index (χ1n) is 7.74. The van der Waals surface area contributed by atoms with Gasteiger partial charge in [0.2, 0.25) is 0 Å². The average Bonchev–Trinajstić information content (AvgIpc) is 2.93. The van der Waals surface area contributed by atoms with Crippen molar-refractivity contribution in [2.45, 2.75) is 13.5 Å². The largest absolute Gasteiger partial charge is 0.484 e. The number of halogens is 1. The number of para-hydroxylation sites is 1. The molecule has 2 aromatic carbocycles. The van der Waals surface area contributed by atoms with Crippen molar-refractivity contribution in [1.29, 1.82) is 0 Å². The Balaban J connectivity index is 1.88. The van der Waals surface area contributed by atoms with Gasteiger partial charge in [0.1, 0.15) is 11.6 Å². The molecule has 0 radical (unpaired) electrons. The maximum absolute atomic E-state index is 14.1. The average molecular weight is 356 g/mol. The number of carbonyl (C=O) groups is 1. The van der Waals surface area contributed by atoms with Crippen molar-refractivity contribution < 1.29 is 13.9 Å². The molecule has 0 atom stereocenters. The van der Waals surface area contributed by atoms with Crippen LogP contribution in [0.15, 0.2) is 60.1 Å². The van der Waals surface area contributed by atoms with E-state index in [-0.39, 0.29) is 12.4 Å². The highest BCUT2D eigenvalue weighted by Crippen LogP contribution is 2.20. The molecule has 25 heavy (non-hydrogen) atoms. The molecule has 1 amide bonds. The molecule has 0 spiro atoms. The molecule has 0 aliphatic carbocycles. The van der Waals surface area contributed by atoms with Gasteiger partial charge in [0.25, 0.3) is 5.91 Å². The summed E-state index contributed by atoms with van der Waals surface area (Å²) in [4.78, 5) is 16.7. The Morgan fingerprint density at radius 2 is 2.08 bits per heavy atom. The van der Waals surface area contributed by atoms with Crippen LogP contribution in [-0.4, -0.2) is 17.1 Å². The Morgan fingerprint density at radius 3 is 2.80 bits per heavy atom. The molecule has 3 aromatic rings. The SMILES string of the molecule is C=CCn1c(=NC(=O)COc2ccc(C)cc2)sc2cccc(F)c21. The molecule has 0 aliphatic heterocycles. The lowest BCUT2D eigenvalue weighted by molar-refractivity contribution is -0.120. The molecule has 6 heteroatoms. The van der Waals surface area contributed by atoms with Crippen molar-refractivity contribution in [1.82, 2.24) is 4.57 Å². The van der Waals surface area contributed by atoms with Gasteiger partial charge in [-0.25, -0.2) is 4.39 Å². The van der Waals surface area contributed by atoms with E-state index in [1.54, 1.807) is 34.9 Å². The van der Waals surface area contributed by atoms with Crippen LogP contribution in [0.3, 0.4) is 0 Å². The smallest absolute Gasteiger partial charge is 0.286 e. The molecule has 0 fully saturated rings. The highest BCUT2D eigenvalue weighted by molar-refractivity contribution is 7.16. The van der Waals surface area contributed by atoms with E-state index in [0.717, 1.165) is 10.3 Å². The van der Waals surface area contributed by atoms with E-state index in [2.05, 4.69) is 11.6 Å². The zero-order valence-electron chi connectivity index (χ0n) is 13.7. The molecule has 1 aromatic heterocycles. The Labute approximate surface area is 148 Å². The van der Waals surface area contributed by atoms with Gasteiger partial charge in [0.05, 0.1) is 10.2 Å². The van der Waals surface area contributed by atoms with Crippen LogP contribution in [0.5, 0.6) is 5.75 Å². The minimum Gasteiger partial charge on any atom is -0.484 e. The number of hydrogen-bond donors (Lipinski definition) is 0. The van der Waals surface area contributed by atoms with Crippen LogP contribution in [-0.2, 0) is 11.3 Å². The van der Waals surface area contributed by atoms with E-state index >= 15 is 0 Å². The van der Waals surface area contributed by atoms with Gasteiger partial charge in [0, 0.05) is 6.54 Å². The number of hydrogen-bond acceptors (Lipinski definition) is 3. The number of aryl methyl sites for hydroxylation is 1. The lowest BCUT2D eigenvalue weighted by Gasteiger charge is -2.04. The summed E-state index contributed by atoms with van der Waals surface area (Å²) >= 11 is 1.26. The van der Waals surface area contributed by atoms with Crippen LogP contribution >= 0.6 is 11.3 Å². The van der Waals surface area contributed by atoms with Gasteiger partial charge in [-0.05, 0) is 31.2 Å². The van der Waals surface area contributed by atoms with Gasteiger partial charge in [-0.2, -0.15) is 4.99 Å². The van der Waals surface area contributed by atoms with Crippen molar-refractivity contribution in [3.63, 3.8) is 0 Å². The van der Waals surface area contributed by atoms with E-state index in [9.17, 15) is 9.18 Å². The zero-order valence-corrected chi connectivity index (χ0v) is 14.6. The van der Waals surface area contributed by atoms with Crippen molar-refractivity contribution in [2.24, 2.45) is 4.99 Å². The molecular weight excluding hydrogens is 339 g/mol. The predicted octanol–water partition coefficient (Wildman–Crippen LogP) is 3.84. The summed E-state index contributed by atoms with van der Waals surface area (Å²) in [5.41, 5.74) is 1.54. The second kappa shape index (κ2) is 7.44. The fourth-order valence-electron chi connectivity index (χ4n) is 2.39. The Kier molecular flexibility index (Phi) is 5.09. The van der Waals surface area contributed by atoms with Crippen molar-refractivity contribution in [2.75, 3.05) is 6.61 Å². The first-order chi connectivity index (χ1) is 12.1. The number of carbonyl (C=O) groups excluding carboxylic acids is 1. The van der Waals surface area contributed by atoms with E-state index in [1.807, 2.05) is 19.1 Å². The number of rotatable bonds is 5. The van der Waals surface area contributed by atoms with Crippen LogP contribution in [0, 0.1) is 12.7 Å². The minimum atomic E-state index is -0.426. The van der Waals surface area contributed by atoms with Gasteiger partial charge in [-0.15, -0.1) is 6.58 Å². The number of aromatic nitrogens is 1. The predicted molar refractivity (Wildman–Crippen MR) is 97.2 cm³/mol. The second-order valence-corrected chi connectivity index (χ2v) is 6.49. The standard InChI is InChI=1S/C19H17FN2O2S/c1-3-11-22-18-15(20)5-4-6-16(18)25-19(22)21-17(23)12-24-14-9-7-13(2)8-10-14/h3-10H,1,11-12H2,2H3. The Morgan fingerprint density at radius 1 is 1.32 bits per heavy atom. The van der Waals surface area contributed by atoms with E-state index in [0.29, 0.717) is 22.6 Å². The molecule has 0 N–H and O–H groups in total. The highest BCUT2D eigenvalue weighted by atomic mass is 32.1. The lowest BCUT2D eigenvalue weighted by Crippen LogP contribution is -2.19. The summed E-state index contributed by atoms with van der Waals surface area (Å²) in [6.45, 7) is 5.86. The maximum atomic E-state index is 14.1. The monoisotopic (exact) mass is 356 g/mol. The van der Waals surface area contributed by atoms with Crippen LogP contribution in [0.1, 0.15) is 5.56 Å². The fourth-order valence-corrected chi connectivity index (χ4v) is 3.46. The van der Waals surface area contributed by atoms with Gasteiger partial charge < -0.3 is 9.30 Å². The summed E-state index contributed by atoms with van der Waals surface area (Å²) in [6.07, 6.45) is 1.64. The summed E-state index contributed by atoms with van der Waals surface area (Å²) < 4.78 is 21.9. The molecular formula is C19H17FN2O2S. The second-order valence-electron chi connectivity index (χ2n) is 5.48. The van der Waals surface area contributed by atoms with E-state index < -0.39 is 5.91 Å². The topological polar surface area (TPSA) is 43.6 Å². The molecule has 0 aliphatic rings. The quantitative estimate of drug-likeness (QED) is 0.652. The number of amides is 1. The maximum Gasteiger partial charge on any atom is 0.286 e. The molecule has 1 heterocycles. The fraction of sp³-hybridized carbons (Fsp3) is 0.158. The minimum absolute atomic E-state index is 0.173. The van der Waals surface area contributed by atoms with Gasteiger partial charge in [-0.1, -0.05) is 41.2 Å². The zero-order chi connectivity index (χ0) is 17.8. The van der Waals surface area contributed by atoms with Gasteiger partial charge >= 0.3 is 0 Å². The molecule has 3 rings (SSSR count). The van der Waals surface area contributed by atoms with Crippen LogP contribution in [0.4, 0.5) is 4.39 Å². The normalized spacial score (nSPS) is 11.7. The number of ether oxygens (including phenoxy) is 1. The van der Waals surface area contributed by atoms with Crippen molar-refractivity contribution in [3.05, 3.63) is 71.3 Å². The number of fused-ring (bicyclic) bond motifs is 1. The van der Waals surface area contributed by atoms with Crippen LogP contribution < -0.4 is 9.54 Å². The summed E-state index contributed by atoms with van der Waals surface area (Å²) in [5, 5.41) is 0. The third-order valence-corrected chi connectivity index (χ3v) is 4.61. The molecule has 4 nitrogen and oxygen atoms in total. The Bertz CT molecular complexity index is 987. The van der Waals surface area contributed by atoms with Crippen molar-refractivity contribution in [3.8, 4) is 5.75 Å². The van der Waals surface area contributed by atoms with Crippen molar-refractivity contribution >= 4 is 27.5 Å². The first kappa shape index (κ1) is 17.1. The lowest BCUT2D eigenvalue weighted by atomic mass is 10.2. The molecule has 0 saturated carbocycles. The molecule has 0 bridgehead atoms. The number of allylic oxidation sites excluding steroid dienone is 1. The molecule has 128 valence electrons. The number of thiazole rings is 1. The van der Waals surface area contributed by atoms with Crippen LogP contribution in [0.2, 0.25) is 0 Å². The highest BCUT2D eigenvalue weighted by Gasteiger charge is 2.11. The number of nitrogens with zero attached hydrogens (tertiary/aromatic N) is 2. The first-order valence-corrected chi connectivity index (χ1v) is 8.56. The van der Waals surface area contributed by atoms with Gasteiger partial charge in [-0.3, -0.25) is 4.79 Å². The third-order valence-electron chi connectivity index (χ3n) is 3.57. The van der Waals surface area contributed by atoms with Gasteiger partial charge in [0.15, 0.2) is 11.4 Å².